The third-order valence-electron chi connectivity index (χ3n) is 4.48. The molecule has 0 atom stereocenters. The van der Waals surface area contributed by atoms with Gasteiger partial charge < -0.3 is 4.57 Å². The Morgan fingerprint density at radius 2 is 1.52 bits per heavy atom. The number of aromatic nitrogens is 1. The van der Waals surface area contributed by atoms with Gasteiger partial charge in [-0.25, -0.2) is 4.99 Å². The molecular weight excluding hydrogens is 300 g/mol. The van der Waals surface area contributed by atoms with Gasteiger partial charge >= 0.3 is 0 Å². The third-order valence-corrected chi connectivity index (χ3v) is 5.32. The van der Waals surface area contributed by atoms with E-state index in [9.17, 15) is 0 Å². The Bertz CT molecular complexity index is 825. The summed E-state index contributed by atoms with van der Waals surface area (Å²) in [6.45, 7) is 0. The van der Waals surface area contributed by atoms with Crippen LogP contribution >= 0.6 is 11.3 Å². The predicted octanol–water partition coefficient (Wildman–Crippen LogP) is 5.56. The molecular formula is C20H20N2S. The average Bonchev–Trinajstić information content (AvgIpc) is 3.26. The van der Waals surface area contributed by atoms with Crippen LogP contribution < -0.4 is 4.80 Å². The normalized spacial score (nSPS) is 16.1. The van der Waals surface area contributed by atoms with Crippen LogP contribution in [-0.2, 0) is 0 Å². The first kappa shape index (κ1) is 14.5. The molecule has 1 aliphatic carbocycles. The second kappa shape index (κ2) is 6.55. The minimum absolute atomic E-state index is 0.582. The van der Waals surface area contributed by atoms with Crippen molar-refractivity contribution in [2.75, 3.05) is 0 Å². The Kier molecular flexibility index (Phi) is 4.12. The van der Waals surface area contributed by atoms with Gasteiger partial charge in [-0.3, -0.25) is 0 Å². The summed E-state index contributed by atoms with van der Waals surface area (Å²) in [7, 11) is 0. The van der Waals surface area contributed by atoms with E-state index in [-0.39, 0.29) is 0 Å². The van der Waals surface area contributed by atoms with Crippen LogP contribution in [0.4, 0.5) is 5.69 Å². The van der Waals surface area contributed by atoms with Crippen LogP contribution in [0.25, 0.3) is 11.3 Å². The molecule has 4 rings (SSSR count). The summed E-state index contributed by atoms with van der Waals surface area (Å²) >= 11 is 1.75. The van der Waals surface area contributed by atoms with Gasteiger partial charge in [-0.2, -0.15) is 0 Å². The highest BCUT2D eigenvalue weighted by Gasteiger charge is 2.21. The van der Waals surface area contributed by atoms with Crippen LogP contribution in [0, 0.1) is 0 Å². The van der Waals surface area contributed by atoms with E-state index in [1.54, 1.807) is 11.3 Å². The van der Waals surface area contributed by atoms with Gasteiger partial charge in [0.2, 0.25) is 0 Å². The van der Waals surface area contributed by atoms with Gasteiger partial charge in [0.1, 0.15) is 0 Å². The highest BCUT2D eigenvalue weighted by Crippen LogP contribution is 2.33. The number of rotatable bonds is 3. The summed E-state index contributed by atoms with van der Waals surface area (Å²) in [5, 5.41) is 2.26. The van der Waals surface area contributed by atoms with Crippen LogP contribution in [0.3, 0.4) is 0 Å². The van der Waals surface area contributed by atoms with Crippen LogP contribution in [0.15, 0.2) is 71.0 Å². The second-order valence-electron chi connectivity index (χ2n) is 6.03. The van der Waals surface area contributed by atoms with Gasteiger partial charge in [0.15, 0.2) is 4.80 Å². The van der Waals surface area contributed by atoms with Gasteiger partial charge in [-0.15, -0.1) is 11.3 Å². The molecule has 0 N–H and O–H groups in total. The largest absolute Gasteiger partial charge is 0.313 e. The van der Waals surface area contributed by atoms with E-state index in [4.69, 9.17) is 4.99 Å². The van der Waals surface area contributed by atoms with E-state index in [1.165, 1.54) is 36.9 Å². The fourth-order valence-corrected chi connectivity index (χ4v) is 4.34. The predicted molar refractivity (Wildman–Crippen MR) is 96.9 cm³/mol. The van der Waals surface area contributed by atoms with Crippen molar-refractivity contribution in [2.45, 2.75) is 31.7 Å². The Balaban J connectivity index is 1.87. The number of hydrogen-bond acceptors (Lipinski definition) is 2. The van der Waals surface area contributed by atoms with Crippen molar-refractivity contribution in [3.05, 3.63) is 70.8 Å². The van der Waals surface area contributed by atoms with Crippen LogP contribution in [-0.4, -0.2) is 4.57 Å². The average molecular weight is 320 g/mol. The van der Waals surface area contributed by atoms with Crippen LogP contribution in [0.5, 0.6) is 0 Å². The number of nitrogens with zero attached hydrogens (tertiary/aromatic N) is 2. The fourth-order valence-electron chi connectivity index (χ4n) is 3.35. The van der Waals surface area contributed by atoms with Gasteiger partial charge in [0.05, 0.1) is 11.4 Å². The minimum atomic E-state index is 0.582. The van der Waals surface area contributed by atoms with Crippen molar-refractivity contribution in [3.63, 3.8) is 0 Å². The molecule has 0 radical (unpaired) electrons. The smallest absolute Gasteiger partial charge is 0.190 e. The Morgan fingerprint density at radius 1 is 0.870 bits per heavy atom. The molecule has 1 aromatic heterocycles. The monoisotopic (exact) mass is 320 g/mol. The maximum absolute atomic E-state index is 4.91. The molecule has 1 fully saturated rings. The first-order valence-corrected chi connectivity index (χ1v) is 9.15. The summed E-state index contributed by atoms with van der Waals surface area (Å²) in [6, 6.07) is 21.5. The van der Waals surface area contributed by atoms with E-state index in [2.05, 4.69) is 52.4 Å². The summed E-state index contributed by atoms with van der Waals surface area (Å²) < 4.78 is 2.47. The lowest BCUT2D eigenvalue weighted by molar-refractivity contribution is 0.512. The number of thiazole rings is 1. The summed E-state index contributed by atoms with van der Waals surface area (Å²) in [6.07, 6.45) is 5.18. The standard InChI is InChI=1S/C20H20N2S/c1-3-9-16(10-4-1)19-15-23-20(21-17-11-5-2-6-12-17)22(19)18-13-7-8-14-18/h1-6,9-12,15,18H,7-8,13-14H2. The highest BCUT2D eigenvalue weighted by molar-refractivity contribution is 7.07. The Morgan fingerprint density at radius 3 is 2.22 bits per heavy atom. The number of benzene rings is 2. The molecule has 0 aliphatic heterocycles. The SMILES string of the molecule is c1ccc(N=c2scc(-c3ccccc3)n2C2CCCC2)cc1. The molecule has 3 heteroatoms. The quantitative estimate of drug-likeness (QED) is 0.601. The van der Waals surface area contributed by atoms with Gasteiger partial charge in [-0.1, -0.05) is 61.4 Å². The van der Waals surface area contributed by atoms with E-state index in [1.807, 2.05) is 18.2 Å². The molecule has 3 aromatic rings. The minimum Gasteiger partial charge on any atom is -0.313 e. The molecule has 0 bridgehead atoms. The topological polar surface area (TPSA) is 17.3 Å². The van der Waals surface area contributed by atoms with Crippen molar-refractivity contribution in [3.8, 4) is 11.3 Å². The molecule has 1 aliphatic rings. The van der Waals surface area contributed by atoms with E-state index in [0.717, 1.165) is 10.5 Å². The first-order valence-electron chi connectivity index (χ1n) is 8.27. The maximum Gasteiger partial charge on any atom is 0.190 e. The summed E-state index contributed by atoms with van der Waals surface area (Å²) in [4.78, 5) is 6.03. The molecule has 23 heavy (non-hydrogen) atoms. The lowest BCUT2D eigenvalue weighted by atomic mass is 10.1. The molecule has 1 heterocycles. The van der Waals surface area contributed by atoms with Gasteiger partial charge in [0, 0.05) is 11.4 Å². The van der Waals surface area contributed by atoms with E-state index in [0.29, 0.717) is 6.04 Å². The fraction of sp³-hybridized carbons (Fsp3) is 0.250. The molecule has 0 spiro atoms. The number of hydrogen-bond donors (Lipinski definition) is 0. The van der Waals surface area contributed by atoms with E-state index < -0.39 is 0 Å². The van der Waals surface area contributed by atoms with Crippen molar-refractivity contribution < 1.29 is 0 Å². The van der Waals surface area contributed by atoms with E-state index >= 15 is 0 Å². The molecule has 116 valence electrons. The van der Waals surface area contributed by atoms with Crippen molar-refractivity contribution in [1.29, 1.82) is 0 Å². The lowest BCUT2D eigenvalue weighted by Gasteiger charge is -2.16. The van der Waals surface area contributed by atoms with Gasteiger partial charge in [-0.05, 0) is 30.5 Å². The number of para-hydroxylation sites is 1. The molecule has 2 aromatic carbocycles. The Labute approximate surface area is 140 Å². The molecule has 0 amide bonds. The molecule has 1 saturated carbocycles. The zero-order valence-corrected chi connectivity index (χ0v) is 13.9. The zero-order chi connectivity index (χ0) is 15.5. The van der Waals surface area contributed by atoms with Crippen molar-refractivity contribution >= 4 is 17.0 Å². The molecule has 0 unspecified atom stereocenters. The Hall–Kier alpha value is -2.13. The maximum atomic E-state index is 4.91. The van der Waals surface area contributed by atoms with Crippen molar-refractivity contribution in [2.24, 2.45) is 4.99 Å². The lowest BCUT2D eigenvalue weighted by Crippen LogP contribution is -2.19. The highest BCUT2D eigenvalue weighted by atomic mass is 32.1. The van der Waals surface area contributed by atoms with Crippen molar-refractivity contribution in [1.82, 2.24) is 4.57 Å². The summed E-state index contributed by atoms with van der Waals surface area (Å²) in [5.74, 6) is 0. The second-order valence-corrected chi connectivity index (χ2v) is 6.86. The zero-order valence-electron chi connectivity index (χ0n) is 13.1. The van der Waals surface area contributed by atoms with Gasteiger partial charge in [0.25, 0.3) is 0 Å². The first-order chi connectivity index (χ1) is 11.4. The van der Waals surface area contributed by atoms with Crippen LogP contribution in [0.1, 0.15) is 31.7 Å². The molecule has 2 nitrogen and oxygen atoms in total. The van der Waals surface area contributed by atoms with Crippen LogP contribution in [0.2, 0.25) is 0 Å². The third kappa shape index (κ3) is 3.02. The summed E-state index contributed by atoms with van der Waals surface area (Å²) in [5.41, 5.74) is 3.61. The molecule has 0 saturated heterocycles.